The number of carbonyl (C=O) groups is 1. The van der Waals surface area contributed by atoms with E-state index in [1.54, 1.807) is 18.2 Å². The first-order chi connectivity index (χ1) is 9.61. The molecule has 1 aromatic heterocycles. The molecule has 1 aliphatic rings. The molecule has 0 atom stereocenters. The molecule has 0 bridgehead atoms. The van der Waals surface area contributed by atoms with E-state index in [0.29, 0.717) is 11.5 Å². The molecule has 1 aliphatic heterocycles. The number of aliphatic imine (C=N–C) groups is 1. The molecule has 0 N–H and O–H groups in total. The first-order valence-electron chi connectivity index (χ1n) is 5.97. The smallest absolute Gasteiger partial charge is 0.363 e. The molecule has 100 valence electrons. The summed E-state index contributed by atoms with van der Waals surface area (Å²) in [5.74, 6) is -0.490. The van der Waals surface area contributed by atoms with Crippen molar-refractivity contribution in [3.05, 3.63) is 63.2 Å². The maximum absolute atomic E-state index is 12.8. The average molecular weight is 287 g/mol. The van der Waals surface area contributed by atoms with Crippen molar-refractivity contribution >= 4 is 29.3 Å². The first kappa shape index (κ1) is 12.7. The zero-order chi connectivity index (χ0) is 14.1. The van der Waals surface area contributed by atoms with Gasteiger partial charge in [0.1, 0.15) is 5.82 Å². The number of ether oxygens (including phenoxy) is 1. The number of rotatable bonds is 2. The molecule has 0 spiro atoms. The Labute approximate surface area is 119 Å². The molecule has 0 saturated carbocycles. The normalized spacial score (nSPS) is 16.4. The molecular weight excluding hydrogens is 277 g/mol. The van der Waals surface area contributed by atoms with Crippen LogP contribution in [0, 0.1) is 12.7 Å². The van der Waals surface area contributed by atoms with Gasteiger partial charge in [-0.15, -0.1) is 11.3 Å². The molecule has 2 aromatic rings. The van der Waals surface area contributed by atoms with Crippen LogP contribution in [0.15, 0.2) is 47.1 Å². The van der Waals surface area contributed by atoms with Crippen LogP contribution in [0.5, 0.6) is 0 Å². The molecule has 1 aromatic carbocycles. The summed E-state index contributed by atoms with van der Waals surface area (Å²) in [5, 5.41) is 0. The number of halogens is 1. The molecule has 0 radical (unpaired) electrons. The maximum atomic E-state index is 12.8. The highest BCUT2D eigenvalue weighted by atomic mass is 32.1. The van der Waals surface area contributed by atoms with E-state index in [9.17, 15) is 9.18 Å². The minimum atomic E-state index is -0.490. The third kappa shape index (κ3) is 2.53. The Balaban J connectivity index is 1.92. The van der Waals surface area contributed by atoms with Crippen LogP contribution in [0.1, 0.15) is 15.3 Å². The molecule has 5 heteroatoms. The zero-order valence-electron chi connectivity index (χ0n) is 10.6. The number of cyclic esters (lactones) is 1. The van der Waals surface area contributed by atoms with Crippen LogP contribution in [0.25, 0.3) is 6.08 Å². The van der Waals surface area contributed by atoms with Gasteiger partial charge in [-0.2, -0.15) is 0 Å². The van der Waals surface area contributed by atoms with Crippen LogP contribution in [-0.2, 0) is 9.53 Å². The second-order valence-corrected chi connectivity index (χ2v) is 5.59. The number of hydrogen-bond acceptors (Lipinski definition) is 4. The molecule has 20 heavy (non-hydrogen) atoms. The SMILES string of the molecule is Cc1ccc(C2=N/C(=C\c3ccc(F)cc3)C(=O)O2)s1. The fraction of sp³-hybridized carbons (Fsp3) is 0.0667. The van der Waals surface area contributed by atoms with E-state index in [1.807, 2.05) is 19.1 Å². The molecule has 0 unspecified atom stereocenters. The lowest BCUT2D eigenvalue weighted by atomic mass is 10.2. The fourth-order valence-corrected chi connectivity index (χ4v) is 2.57. The van der Waals surface area contributed by atoms with Gasteiger partial charge in [0.15, 0.2) is 5.70 Å². The van der Waals surface area contributed by atoms with Gasteiger partial charge in [-0.3, -0.25) is 0 Å². The highest BCUT2D eigenvalue weighted by Crippen LogP contribution is 2.23. The second-order valence-electron chi connectivity index (χ2n) is 4.30. The van der Waals surface area contributed by atoms with Gasteiger partial charge in [0.25, 0.3) is 0 Å². The van der Waals surface area contributed by atoms with E-state index in [-0.39, 0.29) is 11.5 Å². The topological polar surface area (TPSA) is 38.7 Å². The van der Waals surface area contributed by atoms with Crippen molar-refractivity contribution in [3.8, 4) is 0 Å². The summed E-state index contributed by atoms with van der Waals surface area (Å²) in [7, 11) is 0. The lowest BCUT2D eigenvalue weighted by Gasteiger charge is -1.94. The number of nitrogens with zero attached hydrogens (tertiary/aromatic N) is 1. The molecule has 3 rings (SSSR count). The van der Waals surface area contributed by atoms with E-state index in [2.05, 4.69) is 4.99 Å². The molecule has 0 fully saturated rings. The summed E-state index contributed by atoms with van der Waals surface area (Å²) < 4.78 is 18.0. The first-order valence-corrected chi connectivity index (χ1v) is 6.78. The lowest BCUT2D eigenvalue weighted by Crippen LogP contribution is -2.03. The summed E-state index contributed by atoms with van der Waals surface area (Å²) in [4.78, 5) is 17.9. The minimum Gasteiger partial charge on any atom is -0.401 e. The van der Waals surface area contributed by atoms with Crippen LogP contribution in [0.2, 0.25) is 0 Å². The maximum Gasteiger partial charge on any atom is 0.363 e. The number of hydrogen-bond donors (Lipinski definition) is 0. The van der Waals surface area contributed by atoms with E-state index < -0.39 is 5.97 Å². The highest BCUT2D eigenvalue weighted by molar-refractivity contribution is 7.14. The van der Waals surface area contributed by atoms with Crippen LogP contribution < -0.4 is 0 Å². The third-order valence-electron chi connectivity index (χ3n) is 2.75. The van der Waals surface area contributed by atoms with Gasteiger partial charge in [-0.25, -0.2) is 14.2 Å². The molecular formula is C15H10FNO2S. The van der Waals surface area contributed by atoms with Gasteiger partial charge in [0.05, 0.1) is 4.88 Å². The Morgan fingerprint density at radius 2 is 1.95 bits per heavy atom. The fourth-order valence-electron chi connectivity index (χ4n) is 1.78. The van der Waals surface area contributed by atoms with Crippen LogP contribution >= 0.6 is 11.3 Å². The van der Waals surface area contributed by atoms with E-state index in [4.69, 9.17) is 4.74 Å². The summed E-state index contributed by atoms with van der Waals surface area (Å²) in [6.45, 7) is 1.97. The van der Waals surface area contributed by atoms with Crippen molar-refractivity contribution in [1.29, 1.82) is 0 Å². The minimum absolute atomic E-state index is 0.220. The van der Waals surface area contributed by atoms with Gasteiger partial charge in [0.2, 0.25) is 5.90 Å². The number of carbonyl (C=O) groups excluding carboxylic acids is 1. The van der Waals surface area contributed by atoms with Gasteiger partial charge >= 0.3 is 5.97 Å². The second kappa shape index (κ2) is 5.02. The highest BCUT2D eigenvalue weighted by Gasteiger charge is 2.24. The number of esters is 1. The Hall–Kier alpha value is -2.27. The van der Waals surface area contributed by atoms with Crippen molar-refractivity contribution in [2.75, 3.05) is 0 Å². The summed E-state index contributed by atoms with van der Waals surface area (Å²) >= 11 is 1.51. The van der Waals surface area contributed by atoms with Gasteiger partial charge in [-0.1, -0.05) is 12.1 Å². The molecule has 2 heterocycles. The Morgan fingerprint density at radius 3 is 2.60 bits per heavy atom. The predicted octanol–water partition coefficient (Wildman–Crippen LogP) is 3.54. The van der Waals surface area contributed by atoms with Crippen molar-refractivity contribution in [1.82, 2.24) is 0 Å². The van der Waals surface area contributed by atoms with E-state index in [1.165, 1.54) is 23.5 Å². The molecule has 0 amide bonds. The predicted molar refractivity (Wildman–Crippen MR) is 76.1 cm³/mol. The quantitative estimate of drug-likeness (QED) is 0.626. The Morgan fingerprint density at radius 1 is 1.20 bits per heavy atom. The van der Waals surface area contributed by atoms with Crippen molar-refractivity contribution in [3.63, 3.8) is 0 Å². The summed E-state index contributed by atoms with van der Waals surface area (Å²) in [5.41, 5.74) is 0.920. The van der Waals surface area contributed by atoms with Crippen molar-refractivity contribution in [2.45, 2.75) is 6.92 Å². The Bertz CT molecular complexity index is 729. The van der Waals surface area contributed by atoms with E-state index in [0.717, 1.165) is 9.75 Å². The van der Waals surface area contributed by atoms with Gasteiger partial charge in [-0.05, 0) is 42.8 Å². The average Bonchev–Trinajstić information content (AvgIpc) is 3.00. The summed E-state index contributed by atoms with van der Waals surface area (Å²) in [6.07, 6.45) is 1.58. The van der Waals surface area contributed by atoms with Crippen LogP contribution in [0.3, 0.4) is 0 Å². The van der Waals surface area contributed by atoms with Crippen LogP contribution in [-0.4, -0.2) is 11.9 Å². The number of aryl methyl sites for hydroxylation is 1. The molecule has 0 aliphatic carbocycles. The monoisotopic (exact) mass is 287 g/mol. The third-order valence-corrected chi connectivity index (χ3v) is 3.73. The van der Waals surface area contributed by atoms with Crippen molar-refractivity contribution in [2.24, 2.45) is 4.99 Å². The van der Waals surface area contributed by atoms with Crippen molar-refractivity contribution < 1.29 is 13.9 Å². The van der Waals surface area contributed by atoms with Crippen LogP contribution in [0.4, 0.5) is 4.39 Å². The van der Waals surface area contributed by atoms with Gasteiger partial charge < -0.3 is 4.74 Å². The lowest BCUT2D eigenvalue weighted by molar-refractivity contribution is -0.129. The standard InChI is InChI=1S/C15H10FNO2S/c1-9-2-7-13(20-9)14-17-12(15(18)19-14)8-10-3-5-11(16)6-4-10/h2-8H,1H3/b12-8-. The zero-order valence-corrected chi connectivity index (χ0v) is 11.4. The largest absolute Gasteiger partial charge is 0.401 e. The Kier molecular flexibility index (Phi) is 3.20. The van der Waals surface area contributed by atoms with E-state index >= 15 is 0 Å². The van der Waals surface area contributed by atoms with Gasteiger partial charge in [0, 0.05) is 4.88 Å². The summed E-state index contributed by atoms with van der Waals surface area (Å²) in [6, 6.07) is 9.64. The number of thiophene rings is 1. The molecule has 0 saturated heterocycles. The number of benzene rings is 1. The molecule has 3 nitrogen and oxygen atoms in total.